The van der Waals surface area contributed by atoms with Crippen molar-refractivity contribution in [1.29, 1.82) is 0 Å². The predicted molar refractivity (Wildman–Crippen MR) is 65.0 cm³/mol. The van der Waals surface area contributed by atoms with E-state index in [4.69, 9.17) is 6.58 Å². The second-order valence-electron chi connectivity index (χ2n) is 2.57. The second-order valence-corrected chi connectivity index (χ2v) is 3.86. The van der Waals surface area contributed by atoms with Crippen molar-refractivity contribution in [2.24, 2.45) is 0 Å². The molecule has 0 atom stereocenters. The summed E-state index contributed by atoms with van der Waals surface area (Å²) in [5.74, 6) is -1.76. The summed E-state index contributed by atoms with van der Waals surface area (Å²) in [7, 11) is 0. The van der Waals surface area contributed by atoms with Crippen LogP contribution in [-0.4, -0.2) is 12.0 Å². The third-order valence-electron chi connectivity index (χ3n) is 1.22. The fourth-order valence-corrected chi connectivity index (χ4v) is 1.52. The molecule has 1 heterocycles. The van der Waals surface area contributed by atoms with Crippen molar-refractivity contribution in [2.75, 3.05) is 0 Å². The molecule has 0 aliphatic carbocycles. The third kappa shape index (κ3) is 9.98. The molecule has 0 bridgehead atoms. The number of aryl methyl sites for hydroxylation is 1. The van der Waals surface area contributed by atoms with Gasteiger partial charge in [0, 0.05) is 37.6 Å². The predicted octanol–water partition coefficient (Wildman–Crippen LogP) is 4.63. The molecule has 0 aromatic carbocycles. The molecule has 0 aliphatic heterocycles. The fraction of sp³-hybridized carbons (Fsp3) is 0.333. The van der Waals surface area contributed by atoms with Crippen molar-refractivity contribution in [3.63, 3.8) is 0 Å². The van der Waals surface area contributed by atoms with Crippen LogP contribution in [0.15, 0.2) is 18.2 Å². The molecule has 101 valence electrons. The average Bonchev–Trinajstić information content (AvgIpc) is 2.66. The first-order valence-corrected chi connectivity index (χ1v) is 5.52. The van der Waals surface area contributed by atoms with Crippen LogP contribution in [0.5, 0.6) is 0 Å². The molecule has 1 nitrogen and oxygen atoms in total. The normalized spacial score (nSPS) is 8.83. The summed E-state index contributed by atoms with van der Waals surface area (Å²) in [5, 5.41) is 0. The summed E-state index contributed by atoms with van der Waals surface area (Å²) in [4.78, 5) is 11.0. The maximum absolute atomic E-state index is 11.8. The summed E-state index contributed by atoms with van der Waals surface area (Å²) in [5.41, 5.74) is 0. The zero-order chi connectivity index (χ0) is 14.1. The monoisotopic (exact) mass is 353 g/mol. The van der Waals surface area contributed by atoms with Gasteiger partial charge in [-0.1, -0.05) is 6.92 Å². The summed E-state index contributed by atoms with van der Waals surface area (Å²) >= 11 is 0.853. The molecule has 0 fully saturated rings. The average molecular weight is 353 g/mol. The van der Waals surface area contributed by atoms with E-state index in [-0.39, 0.29) is 37.6 Å². The van der Waals surface area contributed by atoms with E-state index in [1.165, 1.54) is 18.2 Å². The zero-order valence-electron chi connectivity index (χ0n) is 10.5. The van der Waals surface area contributed by atoms with Gasteiger partial charge in [0.25, 0.3) is 5.78 Å². The van der Waals surface area contributed by atoms with E-state index in [9.17, 15) is 18.0 Å². The molecular formula is C12H15F3OSY-2. The zero-order valence-corrected chi connectivity index (χ0v) is 14.2. The molecule has 0 N–H and O–H groups in total. The number of allylic oxidation sites excluding steroid dienone is 1. The number of alkyl halides is 3. The fourth-order valence-electron chi connectivity index (χ4n) is 0.696. The minimum Gasteiger partial charge on any atom is -0.518 e. The number of ketones is 1. The standard InChI is InChI=1S/C7H5F3OS.C3H5.C2H5.Y/c1-4-2-3-5(12-4)6(11)7(8,9)10;1-3-2;1-2;/h2-3H,1H3;1,3H,2H3;1H2,2H3;/q;2*-1;. The van der Waals surface area contributed by atoms with Crippen LogP contribution in [-0.2, 0) is 32.7 Å². The first-order chi connectivity index (χ1) is 7.82. The second kappa shape index (κ2) is 12.1. The van der Waals surface area contributed by atoms with Gasteiger partial charge < -0.3 is 13.5 Å². The smallest absolute Gasteiger partial charge is 0.455 e. The van der Waals surface area contributed by atoms with Crippen LogP contribution in [0, 0.1) is 20.4 Å². The summed E-state index contributed by atoms with van der Waals surface area (Å²) < 4.78 is 35.4. The molecule has 0 aliphatic rings. The van der Waals surface area contributed by atoms with Crippen LogP contribution in [0.2, 0.25) is 0 Å². The summed E-state index contributed by atoms with van der Waals surface area (Å²) in [6, 6.07) is 2.68. The molecule has 1 radical (unpaired) electrons. The van der Waals surface area contributed by atoms with Crippen LogP contribution >= 0.6 is 11.3 Å². The van der Waals surface area contributed by atoms with E-state index in [2.05, 4.69) is 6.92 Å². The van der Waals surface area contributed by atoms with Crippen molar-refractivity contribution < 1.29 is 50.7 Å². The molecule has 0 saturated heterocycles. The number of thiophene rings is 1. The van der Waals surface area contributed by atoms with Gasteiger partial charge in [-0.3, -0.25) is 10.9 Å². The number of rotatable bonds is 1. The molecule has 0 amide bonds. The molecule has 1 aromatic heterocycles. The van der Waals surface area contributed by atoms with E-state index in [0.717, 1.165) is 11.3 Å². The van der Waals surface area contributed by atoms with Gasteiger partial charge >= 0.3 is 6.18 Å². The van der Waals surface area contributed by atoms with Crippen molar-refractivity contribution in [3.8, 4) is 0 Å². The van der Waals surface area contributed by atoms with Crippen LogP contribution in [0.4, 0.5) is 13.2 Å². The number of halogens is 3. The molecule has 0 saturated carbocycles. The Labute approximate surface area is 135 Å². The minimum absolute atomic E-state index is 0. The SMILES string of the molecule is Cc1ccc(C(=O)C(F)(F)F)s1.[CH-]=CC.[CH2-]C.[Y]. The Morgan fingerprint density at radius 2 is 1.78 bits per heavy atom. The quantitative estimate of drug-likeness (QED) is 0.531. The van der Waals surface area contributed by atoms with Gasteiger partial charge in [-0.25, -0.2) is 0 Å². The van der Waals surface area contributed by atoms with Gasteiger partial charge in [0.2, 0.25) is 0 Å². The maximum Gasteiger partial charge on any atom is 0.455 e. The van der Waals surface area contributed by atoms with E-state index in [1.807, 2.05) is 0 Å². The molecule has 0 unspecified atom stereocenters. The number of Topliss-reactive ketones (excluding diaryl/α,β-unsaturated/α-hetero) is 1. The Kier molecular flexibility index (Phi) is 15.5. The number of carbonyl (C=O) groups is 1. The number of hydrogen-bond acceptors (Lipinski definition) is 2. The molecule has 6 heteroatoms. The Bertz CT molecular complexity index is 345. The first-order valence-electron chi connectivity index (χ1n) is 4.71. The first kappa shape index (κ1) is 23.1. The topological polar surface area (TPSA) is 17.1 Å². The van der Waals surface area contributed by atoms with Crippen molar-refractivity contribution in [1.82, 2.24) is 0 Å². The van der Waals surface area contributed by atoms with Crippen molar-refractivity contribution in [2.45, 2.75) is 26.9 Å². The van der Waals surface area contributed by atoms with Crippen LogP contribution in [0.3, 0.4) is 0 Å². The van der Waals surface area contributed by atoms with E-state index in [1.54, 1.807) is 20.8 Å². The minimum atomic E-state index is -4.75. The van der Waals surface area contributed by atoms with Crippen molar-refractivity contribution in [3.05, 3.63) is 41.5 Å². The van der Waals surface area contributed by atoms with Gasteiger partial charge in [0.1, 0.15) is 0 Å². The van der Waals surface area contributed by atoms with Gasteiger partial charge in [-0.15, -0.1) is 11.3 Å². The van der Waals surface area contributed by atoms with Crippen LogP contribution < -0.4 is 0 Å². The van der Waals surface area contributed by atoms with Crippen LogP contribution in [0.1, 0.15) is 28.4 Å². The molecule has 0 spiro atoms. The van der Waals surface area contributed by atoms with Crippen molar-refractivity contribution >= 4 is 17.1 Å². The van der Waals surface area contributed by atoms with E-state index >= 15 is 0 Å². The largest absolute Gasteiger partial charge is 0.518 e. The number of carbonyl (C=O) groups excluding carboxylic acids is 1. The molecule has 18 heavy (non-hydrogen) atoms. The Balaban J connectivity index is -0.000000329. The molecule has 1 aromatic rings. The van der Waals surface area contributed by atoms with E-state index < -0.39 is 12.0 Å². The van der Waals surface area contributed by atoms with Gasteiger partial charge in [0.05, 0.1) is 4.88 Å². The molecule has 1 rings (SSSR count). The van der Waals surface area contributed by atoms with E-state index in [0.29, 0.717) is 4.88 Å². The van der Waals surface area contributed by atoms with Gasteiger partial charge in [-0.05, 0) is 19.1 Å². The van der Waals surface area contributed by atoms with Gasteiger partial charge in [0.15, 0.2) is 0 Å². The van der Waals surface area contributed by atoms with Gasteiger partial charge in [-0.2, -0.15) is 20.1 Å². The summed E-state index contributed by atoms with van der Waals surface area (Å²) in [6.07, 6.45) is -3.25. The molecular weight excluding hydrogens is 338 g/mol. The summed E-state index contributed by atoms with van der Waals surface area (Å²) in [6.45, 7) is 13.2. The third-order valence-corrected chi connectivity index (χ3v) is 2.22. The maximum atomic E-state index is 11.8. The Hall–Kier alpha value is 0.00390. The van der Waals surface area contributed by atoms with Crippen LogP contribution in [0.25, 0.3) is 0 Å². The number of hydrogen-bond donors (Lipinski definition) is 0. The Morgan fingerprint density at radius 1 is 1.39 bits per heavy atom. The Morgan fingerprint density at radius 3 is 2.00 bits per heavy atom.